The number of aromatic nitrogens is 1. The van der Waals surface area contributed by atoms with Crippen LogP contribution in [0.25, 0.3) is 11.1 Å². The van der Waals surface area contributed by atoms with Crippen LogP contribution in [0.3, 0.4) is 0 Å². The summed E-state index contributed by atoms with van der Waals surface area (Å²) in [5.41, 5.74) is 4.52. The number of amides is 1. The second-order valence-corrected chi connectivity index (χ2v) is 5.87. The Balaban J connectivity index is 1.49. The van der Waals surface area contributed by atoms with Crippen LogP contribution in [0.5, 0.6) is 0 Å². The normalized spacial score (nSPS) is 11.0. The topological polar surface area (TPSA) is 108 Å². The first kappa shape index (κ1) is 16.7. The Kier molecular flexibility index (Phi) is 5.10. The summed E-state index contributed by atoms with van der Waals surface area (Å²) in [5, 5.41) is 14.9. The molecule has 3 rings (SSSR count). The molecule has 0 aliphatic heterocycles. The summed E-state index contributed by atoms with van der Waals surface area (Å²) in [4.78, 5) is 26.7. The monoisotopic (exact) mass is 354 g/mol. The van der Waals surface area contributed by atoms with Crippen molar-refractivity contribution in [2.24, 2.45) is 5.10 Å². The van der Waals surface area contributed by atoms with Gasteiger partial charge in [0, 0.05) is 0 Å². The van der Waals surface area contributed by atoms with Crippen LogP contribution in [-0.4, -0.2) is 28.8 Å². The van der Waals surface area contributed by atoms with Crippen LogP contribution in [0.4, 0.5) is 0 Å². The maximum Gasteiger partial charge on any atom is 0.257 e. The van der Waals surface area contributed by atoms with E-state index in [1.54, 1.807) is 12.1 Å². The summed E-state index contributed by atoms with van der Waals surface area (Å²) in [5.74, 6) is -1.45. The molecule has 25 heavy (non-hydrogen) atoms. The van der Waals surface area contributed by atoms with E-state index in [4.69, 9.17) is 4.42 Å². The highest BCUT2D eigenvalue weighted by Gasteiger charge is 2.08. The summed E-state index contributed by atoms with van der Waals surface area (Å²) in [6.07, 6.45) is 1.42. The number of hydrazone groups is 1. The quantitative estimate of drug-likeness (QED) is 0.408. The van der Waals surface area contributed by atoms with Crippen LogP contribution in [0.2, 0.25) is 0 Å². The molecule has 7 nitrogen and oxygen atoms in total. The van der Waals surface area contributed by atoms with Crippen molar-refractivity contribution < 1.29 is 19.1 Å². The second kappa shape index (κ2) is 7.63. The predicted octanol–water partition coefficient (Wildman–Crippen LogP) is 1.43. The van der Waals surface area contributed by atoms with Crippen LogP contribution >= 0.6 is 11.8 Å². The van der Waals surface area contributed by atoms with E-state index < -0.39 is 5.97 Å². The number of hydrogen-bond acceptors (Lipinski definition) is 7. The van der Waals surface area contributed by atoms with Crippen molar-refractivity contribution in [1.29, 1.82) is 0 Å². The van der Waals surface area contributed by atoms with Gasteiger partial charge in [-0.15, -0.1) is 0 Å². The van der Waals surface area contributed by atoms with Gasteiger partial charge in [-0.1, -0.05) is 48.2 Å². The minimum absolute atomic E-state index is 0.0796. The Morgan fingerprint density at radius 3 is 2.68 bits per heavy atom. The zero-order valence-corrected chi connectivity index (χ0v) is 13.7. The van der Waals surface area contributed by atoms with Gasteiger partial charge in [0.15, 0.2) is 5.58 Å². The number of hydrogen-bond donors (Lipinski definition) is 1. The average molecular weight is 354 g/mol. The van der Waals surface area contributed by atoms with Gasteiger partial charge < -0.3 is 14.3 Å². The molecule has 1 amide bonds. The Morgan fingerprint density at radius 1 is 1.20 bits per heavy atom. The van der Waals surface area contributed by atoms with Crippen LogP contribution in [-0.2, 0) is 4.79 Å². The van der Waals surface area contributed by atoms with E-state index in [0.29, 0.717) is 16.4 Å². The molecule has 0 saturated carbocycles. The minimum Gasteiger partial charge on any atom is -0.545 e. The number of aromatic carboxylic acids is 1. The third-order valence-electron chi connectivity index (χ3n) is 3.15. The van der Waals surface area contributed by atoms with Gasteiger partial charge in [-0.3, -0.25) is 4.79 Å². The molecule has 0 aliphatic carbocycles. The van der Waals surface area contributed by atoms with Crippen LogP contribution < -0.4 is 10.5 Å². The lowest BCUT2D eigenvalue weighted by Crippen LogP contribution is -2.22. The maximum absolute atomic E-state index is 11.8. The van der Waals surface area contributed by atoms with E-state index in [9.17, 15) is 14.7 Å². The van der Waals surface area contributed by atoms with E-state index in [2.05, 4.69) is 15.5 Å². The molecule has 1 heterocycles. The summed E-state index contributed by atoms with van der Waals surface area (Å²) in [7, 11) is 0. The molecule has 1 aromatic heterocycles. The van der Waals surface area contributed by atoms with Crippen molar-refractivity contribution in [3.05, 3.63) is 59.7 Å². The van der Waals surface area contributed by atoms with Crippen molar-refractivity contribution >= 4 is 41.0 Å². The molecule has 1 N–H and O–H groups in total. The molecule has 8 heteroatoms. The van der Waals surface area contributed by atoms with Gasteiger partial charge in [-0.05, 0) is 23.3 Å². The van der Waals surface area contributed by atoms with Crippen molar-refractivity contribution in [1.82, 2.24) is 10.4 Å². The summed E-state index contributed by atoms with van der Waals surface area (Å²) >= 11 is 1.17. The molecule has 0 unspecified atom stereocenters. The predicted molar refractivity (Wildman–Crippen MR) is 91.2 cm³/mol. The lowest BCUT2D eigenvalue weighted by molar-refractivity contribution is -0.255. The van der Waals surface area contributed by atoms with Crippen molar-refractivity contribution in [3.8, 4) is 0 Å². The first-order valence-corrected chi connectivity index (χ1v) is 8.22. The number of carboxylic acids is 1. The number of carbonyl (C=O) groups is 2. The Hall–Kier alpha value is -3.13. The molecule has 0 fully saturated rings. The van der Waals surface area contributed by atoms with Gasteiger partial charge >= 0.3 is 0 Å². The van der Waals surface area contributed by atoms with E-state index in [-0.39, 0.29) is 17.2 Å². The molecule has 0 spiro atoms. The lowest BCUT2D eigenvalue weighted by Gasteiger charge is -2.01. The van der Waals surface area contributed by atoms with Gasteiger partial charge in [0.05, 0.1) is 17.9 Å². The first-order chi connectivity index (χ1) is 12.1. The molecule has 0 aliphatic rings. The summed E-state index contributed by atoms with van der Waals surface area (Å²) in [6, 6.07) is 13.3. The minimum atomic E-state index is -1.24. The fourth-order valence-corrected chi connectivity index (χ4v) is 2.59. The van der Waals surface area contributed by atoms with Crippen LogP contribution in [0, 0.1) is 0 Å². The molecule has 0 atom stereocenters. The number of nitrogens with one attached hydrogen (secondary N) is 1. The summed E-state index contributed by atoms with van der Waals surface area (Å²) in [6.45, 7) is 0. The maximum atomic E-state index is 11.8. The van der Waals surface area contributed by atoms with Crippen molar-refractivity contribution in [2.45, 2.75) is 5.22 Å². The SMILES string of the molecule is O=C(CSc1nc2ccccc2o1)N/N=C\c1ccc(C(=O)[O-])cc1. The number of oxazole rings is 1. The number of nitrogens with zero attached hydrogens (tertiary/aromatic N) is 2. The Morgan fingerprint density at radius 2 is 1.96 bits per heavy atom. The molecular weight excluding hydrogens is 342 g/mol. The van der Waals surface area contributed by atoms with Crippen LogP contribution in [0.1, 0.15) is 15.9 Å². The summed E-state index contributed by atoms with van der Waals surface area (Å²) < 4.78 is 5.50. The largest absolute Gasteiger partial charge is 0.545 e. The van der Waals surface area contributed by atoms with Crippen molar-refractivity contribution in [2.75, 3.05) is 5.75 Å². The molecule has 126 valence electrons. The Bertz CT molecular complexity index is 901. The number of para-hydroxylation sites is 2. The molecule has 0 radical (unpaired) electrons. The third-order valence-corrected chi connectivity index (χ3v) is 3.98. The number of carboxylic acid groups (broad SMARTS) is 1. The van der Waals surface area contributed by atoms with Crippen molar-refractivity contribution in [3.63, 3.8) is 0 Å². The fourth-order valence-electron chi connectivity index (χ4n) is 1.96. The average Bonchev–Trinajstić information content (AvgIpc) is 3.03. The number of rotatable bonds is 6. The van der Waals surface area contributed by atoms with Gasteiger partial charge in [-0.2, -0.15) is 5.10 Å². The number of fused-ring (bicyclic) bond motifs is 1. The van der Waals surface area contributed by atoms with Gasteiger partial charge in [0.2, 0.25) is 0 Å². The highest BCUT2D eigenvalue weighted by Crippen LogP contribution is 2.22. The zero-order chi connectivity index (χ0) is 17.6. The van der Waals surface area contributed by atoms with Gasteiger partial charge in [0.25, 0.3) is 11.1 Å². The molecular formula is C17H12N3O4S-. The molecule has 0 saturated heterocycles. The molecule has 3 aromatic rings. The smallest absolute Gasteiger partial charge is 0.257 e. The molecule has 0 bridgehead atoms. The Labute approximate surface area is 146 Å². The molecule has 2 aromatic carbocycles. The highest BCUT2D eigenvalue weighted by molar-refractivity contribution is 7.99. The zero-order valence-electron chi connectivity index (χ0n) is 12.8. The van der Waals surface area contributed by atoms with Gasteiger partial charge in [0.1, 0.15) is 5.52 Å². The van der Waals surface area contributed by atoms with E-state index >= 15 is 0 Å². The first-order valence-electron chi connectivity index (χ1n) is 7.23. The standard InChI is InChI=1S/C17H13N3O4S/c21-15(10-25-17-19-13-3-1-2-4-14(13)24-17)20-18-9-11-5-7-12(8-6-11)16(22)23/h1-9H,10H2,(H,20,21)(H,22,23)/p-1/b18-9-. The number of benzene rings is 2. The van der Waals surface area contributed by atoms with E-state index in [0.717, 1.165) is 5.52 Å². The number of carbonyl (C=O) groups excluding carboxylic acids is 2. The van der Waals surface area contributed by atoms with E-state index in [1.165, 1.54) is 30.1 Å². The second-order valence-electron chi connectivity index (χ2n) is 4.94. The fraction of sp³-hybridized carbons (Fsp3) is 0.0588. The van der Waals surface area contributed by atoms with Gasteiger partial charge in [-0.25, -0.2) is 10.4 Å². The third kappa shape index (κ3) is 4.45. The highest BCUT2D eigenvalue weighted by atomic mass is 32.2. The van der Waals surface area contributed by atoms with Crippen LogP contribution in [0.15, 0.2) is 63.3 Å². The lowest BCUT2D eigenvalue weighted by atomic mass is 10.1. The van der Waals surface area contributed by atoms with E-state index in [1.807, 2.05) is 24.3 Å². The number of thioether (sulfide) groups is 1.